The van der Waals surface area contributed by atoms with Gasteiger partial charge in [0, 0.05) is 11.6 Å². The number of aromatic hydroxyl groups is 1. The molecule has 0 bridgehead atoms. The van der Waals surface area contributed by atoms with Gasteiger partial charge in [-0.25, -0.2) is 0 Å². The van der Waals surface area contributed by atoms with Gasteiger partial charge in [-0.05, 0) is 54.8 Å². The Labute approximate surface area is 199 Å². The Morgan fingerprint density at radius 3 is 1.82 bits per heavy atom. The van der Waals surface area contributed by atoms with Gasteiger partial charge in [0.25, 0.3) is 0 Å². The van der Waals surface area contributed by atoms with Crippen LogP contribution < -0.4 is 9.47 Å². The number of hydrogen-bond acceptors (Lipinski definition) is 5. The van der Waals surface area contributed by atoms with Crippen LogP contribution in [0.5, 0.6) is 17.2 Å². The highest BCUT2D eigenvalue weighted by Gasteiger charge is 2.02. The monoisotopic (exact) mass is 452 g/mol. The summed E-state index contributed by atoms with van der Waals surface area (Å²) in [6.07, 6.45) is 15.3. The zero-order chi connectivity index (χ0) is 23.6. The van der Waals surface area contributed by atoms with Crippen molar-refractivity contribution in [1.82, 2.24) is 0 Å². The molecule has 0 saturated carbocycles. The summed E-state index contributed by atoms with van der Waals surface area (Å²) in [6.45, 7) is 5.86. The zero-order valence-electron chi connectivity index (χ0n) is 20.3. The lowest BCUT2D eigenvalue weighted by atomic mass is 10.2. The maximum absolute atomic E-state index is 10.2. The van der Waals surface area contributed by atoms with Crippen LogP contribution in [0, 0.1) is 0 Å². The molecular weight excluding hydrogens is 412 g/mol. The van der Waals surface area contributed by atoms with Crippen LogP contribution in [0.1, 0.15) is 89.2 Å². The lowest BCUT2D eigenvalue weighted by Crippen LogP contribution is -1.97. The number of nitrogens with zero attached hydrogens (tertiary/aromatic N) is 2. The van der Waals surface area contributed by atoms with Gasteiger partial charge in [0.2, 0.25) is 0 Å². The summed E-state index contributed by atoms with van der Waals surface area (Å²) in [5.74, 6) is 1.68. The Bertz CT molecular complexity index is 832. The van der Waals surface area contributed by atoms with Crippen LogP contribution >= 0.6 is 0 Å². The molecule has 0 aliphatic rings. The van der Waals surface area contributed by atoms with Crippen LogP contribution in [0.4, 0.5) is 0 Å². The maximum atomic E-state index is 10.2. The normalized spacial score (nSPS) is 11.5. The number of rotatable bonds is 17. The molecule has 0 atom stereocenters. The second-order valence-corrected chi connectivity index (χ2v) is 8.30. The average molecular weight is 453 g/mol. The lowest BCUT2D eigenvalue weighted by Gasteiger charge is -2.07. The minimum atomic E-state index is 0.133. The van der Waals surface area contributed by atoms with E-state index in [9.17, 15) is 5.11 Å². The number of unbranched alkanes of at least 4 members (excludes halogenated alkanes) is 8. The number of phenols is 1. The van der Waals surface area contributed by atoms with Crippen LogP contribution in [-0.4, -0.2) is 30.7 Å². The van der Waals surface area contributed by atoms with Crippen LogP contribution in [0.2, 0.25) is 0 Å². The van der Waals surface area contributed by atoms with Crippen molar-refractivity contribution >= 4 is 12.4 Å². The first kappa shape index (κ1) is 26.4. The van der Waals surface area contributed by atoms with Crippen molar-refractivity contribution in [2.45, 2.75) is 78.1 Å². The van der Waals surface area contributed by atoms with Crippen LogP contribution in [0.25, 0.3) is 0 Å². The van der Waals surface area contributed by atoms with Gasteiger partial charge < -0.3 is 14.6 Å². The van der Waals surface area contributed by atoms with E-state index in [1.54, 1.807) is 18.3 Å². The Morgan fingerprint density at radius 1 is 0.667 bits per heavy atom. The molecule has 0 heterocycles. The Kier molecular flexibility index (Phi) is 13.4. The minimum Gasteiger partial charge on any atom is -0.507 e. The first-order valence-electron chi connectivity index (χ1n) is 12.5. The van der Waals surface area contributed by atoms with E-state index in [2.05, 4.69) is 24.1 Å². The predicted molar refractivity (Wildman–Crippen MR) is 138 cm³/mol. The molecule has 0 radical (unpaired) electrons. The van der Waals surface area contributed by atoms with Crippen LogP contribution in [-0.2, 0) is 0 Å². The van der Waals surface area contributed by atoms with Gasteiger partial charge in [0.1, 0.15) is 17.2 Å². The smallest absolute Gasteiger partial charge is 0.128 e. The van der Waals surface area contributed by atoms with Gasteiger partial charge >= 0.3 is 0 Å². The van der Waals surface area contributed by atoms with Crippen molar-refractivity contribution in [3.8, 4) is 17.2 Å². The standard InChI is InChI=1S/C28H40N2O3/c1-3-5-7-9-11-19-32-26-16-13-24(14-17-26)22-29-30-23-25-15-18-27(21-28(25)31)33-20-12-10-8-6-4-2/h13-18,21-23,31H,3-12,19-20H2,1-2H3/b29-22+,30-23+. The maximum Gasteiger partial charge on any atom is 0.128 e. The van der Waals surface area contributed by atoms with Crippen LogP contribution in [0.3, 0.4) is 0 Å². The van der Waals surface area contributed by atoms with E-state index < -0.39 is 0 Å². The van der Waals surface area contributed by atoms with E-state index >= 15 is 0 Å². The van der Waals surface area contributed by atoms with Crippen molar-refractivity contribution in [2.24, 2.45) is 10.2 Å². The molecule has 2 aromatic carbocycles. The summed E-state index contributed by atoms with van der Waals surface area (Å²) >= 11 is 0. The summed E-state index contributed by atoms with van der Waals surface area (Å²) in [7, 11) is 0. The first-order valence-corrected chi connectivity index (χ1v) is 12.5. The van der Waals surface area contributed by atoms with E-state index in [0.29, 0.717) is 17.9 Å². The van der Waals surface area contributed by atoms with Crippen molar-refractivity contribution in [3.05, 3.63) is 53.6 Å². The summed E-state index contributed by atoms with van der Waals surface area (Å²) < 4.78 is 11.5. The summed E-state index contributed by atoms with van der Waals surface area (Å²) in [5, 5.41) is 18.3. The Hall–Kier alpha value is -2.82. The van der Waals surface area contributed by atoms with E-state index in [1.165, 1.54) is 57.6 Å². The van der Waals surface area contributed by atoms with Crippen molar-refractivity contribution in [2.75, 3.05) is 13.2 Å². The fourth-order valence-corrected chi connectivity index (χ4v) is 3.36. The Morgan fingerprint density at radius 2 is 1.21 bits per heavy atom. The third-order valence-electron chi connectivity index (χ3n) is 5.39. The second kappa shape index (κ2) is 16.8. The van der Waals surface area contributed by atoms with Gasteiger partial charge in [-0.15, -0.1) is 0 Å². The van der Waals surface area contributed by atoms with Gasteiger partial charge in [-0.2, -0.15) is 10.2 Å². The molecule has 0 aromatic heterocycles. The molecule has 0 fully saturated rings. The van der Waals surface area contributed by atoms with Gasteiger partial charge in [-0.3, -0.25) is 0 Å². The molecule has 33 heavy (non-hydrogen) atoms. The number of phenolic OH excluding ortho intramolecular Hbond substituents is 1. The zero-order valence-corrected chi connectivity index (χ0v) is 20.3. The molecule has 0 aliphatic heterocycles. The second-order valence-electron chi connectivity index (χ2n) is 8.30. The van der Waals surface area contributed by atoms with Gasteiger partial charge in [0.05, 0.1) is 25.6 Å². The van der Waals surface area contributed by atoms with Crippen molar-refractivity contribution in [1.29, 1.82) is 0 Å². The average Bonchev–Trinajstić information content (AvgIpc) is 2.83. The minimum absolute atomic E-state index is 0.133. The third kappa shape index (κ3) is 11.6. The molecule has 2 aromatic rings. The quantitative estimate of drug-likeness (QED) is 0.153. The molecule has 180 valence electrons. The number of ether oxygens (including phenoxy) is 2. The molecule has 0 saturated heterocycles. The highest BCUT2D eigenvalue weighted by atomic mass is 16.5. The molecule has 2 rings (SSSR count). The molecule has 0 spiro atoms. The number of hydrogen-bond donors (Lipinski definition) is 1. The highest BCUT2D eigenvalue weighted by Crippen LogP contribution is 2.22. The van der Waals surface area contributed by atoms with E-state index in [1.807, 2.05) is 30.3 Å². The van der Waals surface area contributed by atoms with E-state index in [-0.39, 0.29) is 5.75 Å². The molecule has 0 unspecified atom stereocenters. The Balaban J connectivity index is 1.72. The van der Waals surface area contributed by atoms with Crippen molar-refractivity contribution < 1.29 is 14.6 Å². The summed E-state index contributed by atoms with van der Waals surface area (Å²) in [5.41, 5.74) is 1.54. The molecular formula is C28H40N2O3. The summed E-state index contributed by atoms with van der Waals surface area (Å²) in [6, 6.07) is 13.1. The van der Waals surface area contributed by atoms with Crippen LogP contribution in [0.15, 0.2) is 52.7 Å². The molecule has 0 amide bonds. The van der Waals surface area contributed by atoms with Gasteiger partial charge in [-0.1, -0.05) is 65.2 Å². The molecule has 5 heteroatoms. The first-order chi connectivity index (χ1) is 16.2. The fourth-order valence-electron chi connectivity index (χ4n) is 3.36. The van der Waals surface area contributed by atoms with E-state index in [4.69, 9.17) is 9.47 Å². The largest absolute Gasteiger partial charge is 0.507 e. The summed E-state index contributed by atoms with van der Waals surface area (Å²) in [4.78, 5) is 0. The third-order valence-corrected chi connectivity index (χ3v) is 5.39. The number of benzene rings is 2. The van der Waals surface area contributed by atoms with Crippen molar-refractivity contribution in [3.63, 3.8) is 0 Å². The lowest BCUT2D eigenvalue weighted by molar-refractivity contribution is 0.303. The SMILES string of the molecule is CCCCCCCOc1ccc(/C=N/N=C/c2ccc(OCCCCCCC)cc2O)cc1. The fraction of sp³-hybridized carbons (Fsp3) is 0.500. The predicted octanol–water partition coefficient (Wildman–Crippen LogP) is 7.54. The van der Waals surface area contributed by atoms with Gasteiger partial charge in [0.15, 0.2) is 0 Å². The van der Waals surface area contributed by atoms with E-state index in [0.717, 1.165) is 30.8 Å². The highest BCUT2D eigenvalue weighted by molar-refractivity contribution is 5.85. The molecule has 0 aliphatic carbocycles. The molecule has 1 N–H and O–H groups in total. The topological polar surface area (TPSA) is 63.4 Å². The molecule has 5 nitrogen and oxygen atoms in total.